The fraction of sp³-hybridized carbons (Fsp3) is 0.562. The summed E-state index contributed by atoms with van der Waals surface area (Å²) < 4.78 is 51.1. The van der Waals surface area contributed by atoms with Crippen molar-refractivity contribution in [3.8, 4) is 0 Å². The summed E-state index contributed by atoms with van der Waals surface area (Å²) in [6.07, 6.45) is 0.720. The molecule has 0 bridgehead atoms. The average Bonchev–Trinajstić information content (AvgIpc) is 2.64. The molecule has 1 aromatic carbocycles. The largest absolute Gasteiger partial charge is 0.381 e. The number of amides is 1. The normalized spacial score (nSPS) is 21.3. The van der Waals surface area contributed by atoms with Gasteiger partial charge in [-0.1, -0.05) is 0 Å². The number of benzene rings is 1. The Bertz CT molecular complexity index is 774. The number of morpholine rings is 1. The van der Waals surface area contributed by atoms with Crippen LogP contribution in [0.15, 0.2) is 23.1 Å². The smallest absolute Gasteiger partial charge is 0.246 e. The maximum absolute atomic E-state index is 14.2. The molecule has 2 saturated heterocycles. The number of ether oxygens (including phenoxy) is 2. The summed E-state index contributed by atoms with van der Waals surface area (Å²) >= 11 is 0. The highest BCUT2D eigenvalue weighted by molar-refractivity contribution is 7.89. The number of rotatable bonds is 4. The molecule has 0 spiro atoms. The van der Waals surface area contributed by atoms with E-state index < -0.39 is 32.2 Å². The highest BCUT2D eigenvalue weighted by Crippen LogP contribution is 2.25. The molecule has 2 aliphatic heterocycles. The first-order valence-corrected chi connectivity index (χ1v) is 9.82. The number of halogens is 1. The van der Waals surface area contributed by atoms with Gasteiger partial charge in [0.15, 0.2) is 0 Å². The zero-order valence-corrected chi connectivity index (χ0v) is 15.1. The summed E-state index contributed by atoms with van der Waals surface area (Å²) in [7, 11) is -4.02. The Kier molecular flexibility index (Phi) is 5.58. The first-order chi connectivity index (χ1) is 12.3. The maximum Gasteiger partial charge on any atom is 0.246 e. The van der Waals surface area contributed by atoms with Gasteiger partial charge < -0.3 is 20.5 Å². The van der Waals surface area contributed by atoms with E-state index in [1.54, 1.807) is 0 Å². The van der Waals surface area contributed by atoms with Crippen LogP contribution in [-0.4, -0.2) is 63.7 Å². The lowest BCUT2D eigenvalue weighted by atomic mass is 9.90. The van der Waals surface area contributed by atoms with Crippen molar-refractivity contribution in [3.63, 3.8) is 0 Å². The van der Waals surface area contributed by atoms with Gasteiger partial charge in [0.2, 0.25) is 15.9 Å². The van der Waals surface area contributed by atoms with E-state index in [-0.39, 0.29) is 32.0 Å². The molecular formula is C16H22FN3O5S. The Morgan fingerprint density at radius 3 is 2.42 bits per heavy atom. The van der Waals surface area contributed by atoms with Crippen molar-refractivity contribution >= 4 is 21.6 Å². The van der Waals surface area contributed by atoms with E-state index in [2.05, 4.69) is 5.32 Å². The van der Waals surface area contributed by atoms with Gasteiger partial charge in [0, 0.05) is 32.0 Å². The van der Waals surface area contributed by atoms with Gasteiger partial charge in [-0.3, -0.25) is 4.79 Å². The molecule has 0 aliphatic carbocycles. The van der Waals surface area contributed by atoms with E-state index in [4.69, 9.17) is 15.2 Å². The standard InChI is InChI=1S/C16H22FN3O5S/c17-13-2-1-12(19-15(21)16(18)3-7-24-8-4-16)11-14(13)26(22,23)20-5-9-25-10-6-20/h1-2,11H,3-10,18H2,(H,19,21). The van der Waals surface area contributed by atoms with Crippen molar-refractivity contribution in [1.29, 1.82) is 0 Å². The van der Waals surface area contributed by atoms with E-state index in [0.29, 0.717) is 26.1 Å². The monoisotopic (exact) mass is 387 g/mol. The molecule has 10 heteroatoms. The number of sulfonamides is 1. The fourth-order valence-corrected chi connectivity index (χ4v) is 4.42. The van der Waals surface area contributed by atoms with E-state index in [0.717, 1.165) is 12.1 Å². The van der Waals surface area contributed by atoms with Gasteiger partial charge in [-0.05, 0) is 31.0 Å². The van der Waals surface area contributed by atoms with Gasteiger partial charge in [0.05, 0.1) is 13.2 Å². The summed E-state index contributed by atoms with van der Waals surface area (Å²) in [6, 6.07) is 3.46. The molecule has 26 heavy (non-hydrogen) atoms. The van der Waals surface area contributed by atoms with E-state index in [1.807, 2.05) is 0 Å². The first-order valence-electron chi connectivity index (χ1n) is 8.38. The van der Waals surface area contributed by atoms with Gasteiger partial charge in [-0.25, -0.2) is 12.8 Å². The van der Waals surface area contributed by atoms with Crippen LogP contribution >= 0.6 is 0 Å². The number of carbonyl (C=O) groups is 1. The second-order valence-electron chi connectivity index (χ2n) is 6.38. The molecule has 0 radical (unpaired) electrons. The van der Waals surface area contributed by atoms with Crippen LogP contribution in [0.4, 0.5) is 10.1 Å². The third-order valence-corrected chi connectivity index (χ3v) is 6.53. The van der Waals surface area contributed by atoms with Crippen LogP contribution in [0.25, 0.3) is 0 Å². The average molecular weight is 387 g/mol. The van der Waals surface area contributed by atoms with E-state index >= 15 is 0 Å². The zero-order chi connectivity index (χ0) is 18.8. The lowest BCUT2D eigenvalue weighted by molar-refractivity contribution is -0.124. The van der Waals surface area contributed by atoms with Gasteiger partial charge in [0.25, 0.3) is 0 Å². The Morgan fingerprint density at radius 2 is 1.77 bits per heavy atom. The number of nitrogens with zero attached hydrogens (tertiary/aromatic N) is 1. The molecule has 2 heterocycles. The number of carbonyl (C=O) groups excluding carboxylic acids is 1. The van der Waals surface area contributed by atoms with E-state index in [9.17, 15) is 17.6 Å². The number of nitrogens with two attached hydrogens (primary N) is 1. The number of nitrogens with one attached hydrogen (secondary N) is 1. The third-order valence-electron chi connectivity index (χ3n) is 4.61. The molecule has 8 nitrogen and oxygen atoms in total. The lowest BCUT2D eigenvalue weighted by Gasteiger charge is -2.31. The molecule has 3 rings (SSSR count). The molecule has 0 atom stereocenters. The highest BCUT2D eigenvalue weighted by atomic mass is 32.2. The van der Waals surface area contributed by atoms with Crippen LogP contribution < -0.4 is 11.1 Å². The van der Waals surface area contributed by atoms with Gasteiger partial charge in [-0.15, -0.1) is 0 Å². The SMILES string of the molecule is NC1(C(=O)Nc2ccc(F)c(S(=O)(=O)N3CCOCC3)c2)CCOCC1. The van der Waals surface area contributed by atoms with E-state index in [1.165, 1.54) is 10.4 Å². The van der Waals surface area contributed by atoms with Crippen molar-refractivity contribution in [2.75, 3.05) is 44.8 Å². The third kappa shape index (κ3) is 3.89. The second kappa shape index (κ2) is 7.57. The summed E-state index contributed by atoms with van der Waals surface area (Å²) in [5.74, 6) is -1.31. The van der Waals surface area contributed by atoms with Crippen molar-refractivity contribution < 1.29 is 27.1 Å². The highest BCUT2D eigenvalue weighted by Gasteiger charge is 2.36. The number of hydrogen-bond donors (Lipinski definition) is 2. The van der Waals surface area contributed by atoms with Crippen LogP contribution in [0.3, 0.4) is 0 Å². The molecule has 0 saturated carbocycles. The molecular weight excluding hydrogens is 365 g/mol. The minimum atomic E-state index is -4.02. The van der Waals surface area contributed by atoms with Crippen molar-refractivity contribution in [1.82, 2.24) is 4.31 Å². The number of hydrogen-bond acceptors (Lipinski definition) is 6. The molecule has 1 amide bonds. The predicted molar refractivity (Wildman–Crippen MR) is 91.6 cm³/mol. The molecule has 1 aromatic rings. The van der Waals surface area contributed by atoms with Crippen molar-refractivity contribution in [2.24, 2.45) is 5.73 Å². The topological polar surface area (TPSA) is 111 Å². The molecule has 3 N–H and O–H groups in total. The lowest BCUT2D eigenvalue weighted by Crippen LogP contribution is -2.54. The number of anilines is 1. The quantitative estimate of drug-likeness (QED) is 0.768. The Balaban J connectivity index is 1.82. The van der Waals surface area contributed by atoms with Crippen molar-refractivity contribution in [2.45, 2.75) is 23.3 Å². The molecule has 0 aromatic heterocycles. The summed E-state index contributed by atoms with van der Waals surface area (Å²) in [5, 5.41) is 2.60. The van der Waals surface area contributed by atoms with Gasteiger partial charge >= 0.3 is 0 Å². The Morgan fingerprint density at radius 1 is 1.15 bits per heavy atom. The minimum absolute atomic E-state index is 0.157. The van der Waals surface area contributed by atoms with Gasteiger partial charge in [-0.2, -0.15) is 4.31 Å². The van der Waals surface area contributed by atoms with Crippen LogP contribution in [0.5, 0.6) is 0 Å². The van der Waals surface area contributed by atoms with Crippen LogP contribution in [0, 0.1) is 5.82 Å². The van der Waals surface area contributed by atoms with Gasteiger partial charge in [0.1, 0.15) is 16.3 Å². The molecule has 2 fully saturated rings. The van der Waals surface area contributed by atoms with Crippen LogP contribution in [0.1, 0.15) is 12.8 Å². The summed E-state index contributed by atoms with van der Waals surface area (Å²) in [4.78, 5) is 12.0. The Hall–Kier alpha value is -1.59. The molecule has 0 unspecified atom stereocenters. The minimum Gasteiger partial charge on any atom is -0.381 e. The predicted octanol–water partition coefficient (Wildman–Crippen LogP) is 0.293. The Labute approximate surface area is 151 Å². The van der Waals surface area contributed by atoms with Crippen molar-refractivity contribution in [3.05, 3.63) is 24.0 Å². The summed E-state index contributed by atoms with van der Waals surface area (Å²) in [6.45, 7) is 1.59. The first kappa shape index (κ1) is 19.2. The van der Waals surface area contributed by atoms with Crippen LogP contribution in [0.2, 0.25) is 0 Å². The fourth-order valence-electron chi connectivity index (χ4n) is 2.92. The second-order valence-corrected chi connectivity index (χ2v) is 8.29. The molecule has 2 aliphatic rings. The summed E-state index contributed by atoms with van der Waals surface area (Å²) in [5.41, 5.74) is 5.21. The van der Waals surface area contributed by atoms with Crippen LogP contribution in [-0.2, 0) is 24.3 Å². The molecule has 144 valence electrons. The maximum atomic E-state index is 14.2. The zero-order valence-electron chi connectivity index (χ0n) is 14.2.